The summed E-state index contributed by atoms with van der Waals surface area (Å²) >= 11 is 0. The standard InChI is InChI=1S/C28H31N5O5/c29-16-17-1-7-22(8-2-17)37-25-14-21(34)13-24(35)27(25)26-15-23(32-38-26)28(36)31-19-9-11-33(12-10-19)20-5-3-18(30)4-6-20/h1-2,7-8,13-15,18-20,34-35H,3-6,9-12,30H2,(H,31,36). The number of likely N-dealkylation sites (tertiary alicyclic amines) is 1. The zero-order valence-corrected chi connectivity index (χ0v) is 21.0. The molecule has 0 spiro atoms. The van der Waals surface area contributed by atoms with E-state index in [9.17, 15) is 15.0 Å². The van der Waals surface area contributed by atoms with Gasteiger partial charge in [-0.05, 0) is 62.8 Å². The van der Waals surface area contributed by atoms with E-state index < -0.39 is 0 Å². The number of phenols is 2. The molecule has 0 bridgehead atoms. The van der Waals surface area contributed by atoms with Crippen LogP contribution in [0.4, 0.5) is 0 Å². The highest BCUT2D eigenvalue weighted by Gasteiger charge is 2.29. The predicted molar refractivity (Wildman–Crippen MR) is 139 cm³/mol. The number of benzene rings is 2. The molecule has 1 aliphatic carbocycles. The molecule has 0 radical (unpaired) electrons. The minimum Gasteiger partial charge on any atom is -0.508 e. The Kier molecular flexibility index (Phi) is 7.49. The number of hydrogen-bond acceptors (Lipinski definition) is 9. The summed E-state index contributed by atoms with van der Waals surface area (Å²) in [5.74, 6) is -0.263. The van der Waals surface area contributed by atoms with Gasteiger partial charge in [-0.3, -0.25) is 4.79 Å². The molecule has 0 atom stereocenters. The van der Waals surface area contributed by atoms with Gasteiger partial charge in [-0.25, -0.2) is 0 Å². The summed E-state index contributed by atoms with van der Waals surface area (Å²) in [7, 11) is 0. The lowest BCUT2D eigenvalue weighted by atomic mass is 9.89. The third-order valence-electron chi connectivity index (χ3n) is 7.39. The molecule has 5 N–H and O–H groups in total. The number of aromatic hydroxyl groups is 2. The first-order chi connectivity index (χ1) is 18.4. The monoisotopic (exact) mass is 517 g/mol. The maximum Gasteiger partial charge on any atom is 0.273 e. The number of aromatic nitrogens is 1. The van der Waals surface area contributed by atoms with Gasteiger partial charge in [0.15, 0.2) is 11.5 Å². The molecule has 2 heterocycles. The molecule has 2 fully saturated rings. The predicted octanol–water partition coefficient (Wildman–Crippen LogP) is 3.88. The number of carbonyl (C=O) groups excluding carboxylic acids is 1. The van der Waals surface area contributed by atoms with Crippen molar-refractivity contribution in [3.05, 3.63) is 53.7 Å². The van der Waals surface area contributed by atoms with Gasteiger partial charge in [-0.2, -0.15) is 5.26 Å². The smallest absolute Gasteiger partial charge is 0.273 e. The van der Waals surface area contributed by atoms with Crippen molar-refractivity contribution in [2.45, 2.75) is 56.7 Å². The number of phenolic OH excluding ortho intramolecular Hbond substituents is 2. The molecular weight excluding hydrogens is 486 g/mol. The van der Waals surface area contributed by atoms with Crippen molar-refractivity contribution >= 4 is 5.91 Å². The van der Waals surface area contributed by atoms with Crippen LogP contribution in [0.25, 0.3) is 11.3 Å². The number of nitrogens with two attached hydrogens (primary N) is 1. The Balaban J connectivity index is 1.25. The number of rotatable bonds is 6. The number of piperidine rings is 1. The van der Waals surface area contributed by atoms with Crippen molar-refractivity contribution in [2.24, 2.45) is 5.73 Å². The van der Waals surface area contributed by atoms with Crippen LogP contribution in [0.3, 0.4) is 0 Å². The van der Waals surface area contributed by atoms with Gasteiger partial charge in [0.1, 0.15) is 28.6 Å². The van der Waals surface area contributed by atoms with Crippen molar-refractivity contribution in [3.8, 4) is 40.4 Å². The van der Waals surface area contributed by atoms with E-state index in [1.165, 1.54) is 12.1 Å². The van der Waals surface area contributed by atoms with Gasteiger partial charge in [-0.15, -0.1) is 0 Å². The first kappa shape index (κ1) is 25.6. The van der Waals surface area contributed by atoms with Crippen LogP contribution in [0.1, 0.15) is 54.6 Å². The number of nitrogens with one attached hydrogen (secondary N) is 1. The molecule has 5 rings (SSSR count). The van der Waals surface area contributed by atoms with Crippen LogP contribution >= 0.6 is 0 Å². The second-order valence-electron chi connectivity index (χ2n) is 10.0. The Labute approximate surface area is 220 Å². The molecule has 10 nitrogen and oxygen atoms in total. The first-order valence-corrected chi connectivity index (χ1v) is 12.9. The molecule has 198 valence electrons. The summed E-state index contributed by atoms with van der Waals surface area (Å²) in [5.41, 5.74) is 6.73. The summed E-state index contributed by atoms with van der Waals surface area (Å²) in [4.78, 5) is 15.5. The molecule has 38 heavy (non-hydrogen) atoms. The van der Waals surface area contributed by atoms with Crippen LogP contribution in [-0.2, 0) is 0 Å². The van der Waals surface area contributed by atoms with E-state index in [1.54, 1.807) is 24.3 Å². The summed E-state index contributed by atoms with van der Waals surface area (Å²) in [5, 5.41) is 36.5. The molecule has 3 aromatic rings. The third-order valence-corrected chi connectivity index (χ3v) is 7.39. The van der Waals surface area contributed by atoms with E-state index in [0.29, 0.717) is 23.4 Å². The zero-order valence-electron chi connectivity index (χ0n) is 21.0. The first-order valence-electron chi connectivity index (χ1n) is 12.9. The van der Waals surface area contributed by atoms with Crippen molar-refractivity contribution in [3.63, 3.8) is 0 Å². The molecule has 1 amide bonds. The highest BCUT2D eigenvalue weighted by Crippen LogP contribution is 2.43. The number of hydrogen-bond donors (Lipinski definition) is 4. The summed E-state index contributed by atoms with van der Waals surface area (Å²) in [6, 6.07) is 13.3. The number of carbonyl (C=O) groups is 1. The van der Waals surface area contributed by atoms with Gasteiger partial charge >= 0.3 is 0 Å². The maximum absolute atomic E-state index is 12.9. The number of nitrogens with zero attached hydrogens (tertiary/aromatic N) is 3. The zero-order chi connectivity index (χ0) is 26.6. The lowest BCUT2D eigenvalue weighted by Gasteiger charge is -2.40. The topological polar surface area (TPSA) is 158 Å². The largest absolute Gasteiger partial charge is 0.508 e. The molecule has 0 unspecified atom stereocenters. The second kappa shape index (κ2) is 11.1. The normalized spacial score (nSPS) is 20.5. The van der Waals surface area contributed by atoms with E-state index in [4.69, 9.17) is 20.3 Å². The number of ether oxygens (including phenoxy) is 1. The molecule has 1 saturated carbocycles. The van der Waals surface area contributed by atoms with Gasteiger partial charge in [-0.1, -0.05) is 5.16 Å². The second-order valence-corrected chi connectivity index (χ2v) is 10.0. The fourth-order valence-electron chi connectivity index (χ4n) is 5.27. The average molecular weight is 518 g/mol. The molecule has 10 heteroatoms. The highest BCUT2D eigenvalue weighted by molar-refractivity contribution is 5.93. The molecule has 2 aliphatic rings. The van der Waals surface area contributed by atoms with Gasteiger partial charge in [0.2, 0.25) is 0 Å². The molecule has 1 aromatic heterocycles. The summed E-state index contributed by atoms with van der Waals surface area (Å²) in [6.07, 6.45) is 6.15. The SMILES string of the molecule is N#Cc1ccc(Oc2cc(O)cc(O)c2-c2cc(C(=O)NC3CCN(C4CCC(N)CC4)CC3)no2)cc1. The Morgan fingerprint density at radius 2 is 1.79 bits per heavy atom. The number of nitriles is 1. The minimum atomic E-state index is -0.352. The van der Waals surface area contributed by atoms with Crippen molar-refractivity contribution in [1.29, 1.82) is 5.26 Å². The van der Waals surface area contributed by atoms with E-state index >= 15 is 0 Å². The van der Waals surface area contributed by atoms with Crippen LogP contribution in [-0.4, -0.2) is 57.4 Å². The van der Waals surface area contributed by atoms with Crippen LogP contribution in [0.15, 0.2) is 47.0 Å². The van der Waals surface area contributed by atoms with Crippen molar-refractivity contribution in [1.82, 2.24) is 15.4 Å². The Bertz CT molecular complexity index is 1320. The number of amides is 1. The Morgan fingerprint density at radius 3 is 2.47 bits per heavy atom. The van der Waals surface area contributed by atoms with E-state index in [-0.39, 0.29) is 46.2 Å². The van der Waals surface area contributed by atoms with Gasteiger partial charge in [0.05, 0.1) is 11.6 Å². The van der Waals surface area contributed by atoms with E-state index in [2.05, 4.69) is 15.4 Å². The Morgan fingerprint density at radius 1 is 1.08 bits per heavy atom. The lowest BCUT2D eigenvalue weighted by Crippen LogP contribution is -2.49. The van der Waals surface area contributed by atoms with Crippen LogP contribution in [0.5, 0.6) is 23.0 Å². The lowest BCUT2D eigenvalue weighted by molar-refractivity contribution is 0.0850. The van der Waals surface area contributed by atoms with Gasteiger partial charge in [0, 0.05) is 49.4 Å². The van der Waals surface area contributed by atoms with Crippen molar-refractivity contribution in [2.75, 3.05) is 13.1 Å². The fraction of sp³-hybridized carbons (Fsp3) is 0.393. The molecule has 2 aromatic carbocycles. The van der Waals surface area contributed by atoms with E-state index in [0.717, 1.165) is 57.7 Å². The van der Waals surface area contributed by atoms with Crippen LogP contribution in [0, 0.1) is 11.3 Å². The van der Waals surface area contributed by atoms with Crippen LogP contribution in [0.2, 0.25) is 0 Å². The fourth-order valence-corrected chi connectivity index (χ4v) is 5.27. The average Bonchev–Trinajstić information content (AvgIpc) is 3.40. The van der Waals surface area contributed by atoms with Gasteiger partial charge in [0.25, 0.3) is 5.91 Å². The highest BCUT2D eigenvalue weighted by atomic mass is 16.5. The summed E-state index contributed by atoms with van der Waals surface area (Å²) < 4.78 is 11.3. The van der Waals surface area contributed by atoms with E-state index in [1.807, 2.05) is 6.07 Å². The molecule has 1 saturated heterocycles. The van der Waals surface area contributed by atoms with Crippen LogP contribution < -0.4 is 15.8 Å². The third kappa shape index (κ3) is 5.74. The van der Waals surface area contributed by atoms with Crippen molar-refractivity contribution < 1.29 is 24.3 Å². The summed E-state index contributed by atoms with van der Waals surface area (Å²) in [6.45, 7) is 1.87. The van der Waals surface area contributed by atoms with Gasteiger partial charge < -0.3 is 35.4 Å². The minimum absolute atomic E-state index is 0.0436. The maximum atomic E-state index is 12.9. The molecule has 1 aliphatic heterocycles. The Hall–Kier alpha value is -4.07. The quantitative estimate of drug-likeness (QED) is 0.381. The molecular formula is C28H31N5O5.